The third-order valence-corrected chi connectivity index (χ3v) is 7.27. The molecule has 0 saturated carbocycles. The lowest BCUT2D eigenvalue weighted by atomic mass is 10.1. The molecule has 3 aromatic carbocycles. The van der Waals surface area contributed by atoms with E-state index in [0.717, 1.165) is 69.6 Å². The van der Waals surface area contributed by atoms with Gasteiger partial charge in [-0.1, -0.05) is 42.2 Å². The Morgan fingerprint density at radius 1 is 0.758 bits per heavy atom. The number of thiocarbonyl (C=S) groups is 1. The van der Waals surface area contributed by atoms with Crippen molar-refractivity contribution in [1.29, 1.82) is 0 Å². The van der Waals surface area contributed by atoms with Crippen LogP contribution in [0.15, 0.2) is 71.6 Å². The van der Waals surface area contributed by atoms with Crippen molar-refractivity contribution >= 4 is 51.0 Å². The molecule has 0 aromatic heterocycles. The zero-order valence-corrected chi connectivity index (χ0v) is 21.4. The number of nitrogens with zero attached hydrogens (tertiary/aromatic N) is 3. The minimum Gasteiger partial charge on any atom is -0.453 e. The van der Waals surface area contributed by atoms with Gasteiger partial charge in [0.15, 0.2) is 15.8 Å². The Labute approximate surface area is 207 Å². The maximum absolute atomic E-state index is 6.50. The average molecular weight is 478 g/mol. The van der Waals surface area contributed by atoms with Crippen molar-refractivity contribution < 1.29 is 4.74 Å². The lowest BCUT2D eigenvalue weighted by molar-refractivity contribution is 0.478. The van der Waals surface area contributed by atoms with Gasteiger partial charge >= 0.3 is 0 Å². The summed E-state index contributed by atoms with van der Waals surface area (Å²) in [5.74, 6) is 1.67. The predicted molar refractivity (Wildman–Crippen MR) is 147 cm³/mol. The molecular weight excluding hydrogens is 446 g/mol. The van der Waals surface area contributed by atoms with E-state index >= 15 is 0 Å². The molecule has 0 radical (unpaired) electrons. The minimum absolute atomic E-state index is 0.776. The molecule has 0 spiro atoms. The standard InChI is InChI=1S/C27H31N3OS2/c1-5-28(6-2)20-14-16-23-25(18-20)31-26-19-21(29(7-3)8-4)15-17-24(26)30(23)27(32)33-22-12-10-9-11-13-22/h9-19H,5-8H2,1-4H3. The lowest BCUT2D eigenvalue weighted by Gasteiger charge is -2.34. The molecular formula is C27H31N3OS2. The molecule has 4 rings (SSSR count). The highest BCUT2D eigenvalue weighted by Crippen LogP contribution is 2.50. The number of hydrogen-bond donors (Lipinski definition) is 0. The van der Waals surface area contributed by atoms with Crippen LogP contribution in [-0.2, 0) is 0 Å². The van der Waals surface area contributed by atoms with Gasteiger partial charge in [0.25, 0.3) is 0 Å². The Balaban J connectivity index is 1.78. The molecule has 0 atom stereocenters. The number of ether oxygens (including phenoxy) is 1. The molecule has 3 aromatic rings. The number of fused-ring (bicyclic) bond motifs is 2. The van der Waals surface area contributed by atoms with Crippen molar-refractivity contribution in [3.63, 3.8) is 0 Å². The normalized spacial score (nSPS) is 11.9. The monoisotopic (exact) mass is 477 g/mol. The molecule has 1 aliphatic rings. The molecule has 0 fully saturated rings. The molecule has 1 aliphatic heterocycles. The smallest absolute Gasteiger partial charge is 0.153 e. The maximum atomic E-state index is 6.50. The van der Waals surface area contributed by atoms with Crippen molar-refractivity contribution in [2.45, 2.75) is 32.6 Å². The van der Waals surface area contributed by atoms with Crippen LogP contribution in [0.2, 0.25) is 0 Å². The molecule has 33 heavy (non-hydrogen) atoms. The topological polar surface area (TPSA) is 19.0 Å². The van der Waals surface area contributed by atoms with Gasteiger partial charge < -0.3 is 14.5 Å². The van der Waals surface area contributed by atoms with Gasteiger partial charge in [-0.15, -0.1) is 0 Å². The molecule has 0 amide bonds. The van der Waals surface area contributed by atoms with Crippen LogP contribution in [0.25, 0.3) is 0 Å². The van der Waals surface area contributed by atoms with E-state index in [-0.39, 0.29) is 0 Å². The van der Waals surface area contributed by atoms with Gasteiger partial charge in [0, 0.05) is 54.6 Å². The van der Waals surface area contributed by atoms with E-state index in [1.807, 2.05) is 18.2 Å². The molecule has 0 unspecified atom stereocenters. The summed E-state index contributed by atoms with van der Waals surface area (Å²) in [6, 6.07) is 23.1. The van der Waals surface area contributed by atoms with Gasteiger partial charge in [0.2, 0.25) is 0 Å². The molecule has 4 nitrogen and oxygen atoms in total. The summed E-state index contributed by atoms with van der Waals surface area (Å²) < 4.78 is 7.28. The first kappa shape index (κ1) is 23.5. The third kappa shape index (κ3) is 4.82. The zero-order valence-electron chi connectivity index (χ0n) is 19.7. The van der Waals surface area contributed by atoms with Gasteiger partial charge in [-0.05, 0) is 64.1 Å². The predicted octanol–water partition coefficient (Wildman–Crippen LogP) is 7.70. The molecule has 0 saturated heterocycles. The summed E-state index contributed by atoms with van der Waals surface area (Å²) in [4.78, 5) is 7.93. The second-order valence-corrected chi connectivity index (χ2v) is 9.47. The number of thioether (sulfide) groups is 1. The van der Waals surface area contributed by atoms with Crippen LogP contribution in [0.3, 0.4) is 0 Å². The first-order valence-corrected chi connectivity index (χ1v) is 12.8. The number of rotatable bonds is 7. The van der Waals surface area contributed by atoms with E-state index in [9.17, 15) is 0 Å². The Hall–Kier alpha value is -2.70. The highest BCUT2D eigenvalue weighted by atomic mass is 32.2. The Bertz CT molecular complexity index is 1050. The van der Waals surface area contributed by atoms with Crippen LogP contribution in [-0.4, -0.2) is 30.5 Å². The Morgan fingerprint density at radius 2 is 1.24 bits per heavy atom. The molecule has 0 aliphatic carbocycles. The van der Waals surface area contributed by atoms with Crippen molar-refractivity contribution in [3.05, 3.63) is 66.7 Å². The second-order valence-electron chi connectivity index (χ2n) is 7.77. The summed E-state index contributed by atoms with van der Waals surface area (Å²) in [5.41, 5.74) is 4.26. The van der Waals surface area contributed by atoms with E-state index < -0.39 is 0 Å². The molecule has 1 heterocycles. The Morgan fingerprint density at radius 3 is 1.70 bits per heavy atom. The van der Waals surface area contributed by atoms with Gasteiger partial charge in [-0.2, -0.15) is 0 Å². The zero-order chi connectivity index (χ0) is 23.4. The van der Waals surface area contributed by atoms with Crippen LogP contribution in [0.4, 0.5) is 22.7 Å². The van der Waals surface area contributed by atoms with Gasteiger partial charge in [0.05, 0.1) is 11.4 Å². The van der Waals surface area contributed by atoms with E-state index in [0.29, 0.717) is 0 Å². The molecule has 172 valence electrons. The fourth-order valence-electron chi connectivity index (χ4n) is 4.19. The quantitative estimate of drug-likeness (QED) is 0.255. The summed E-state index contributed by atoms with van der Waals surface area (Å²) >= 11 is 7.58. The number of hydrogen-bond acceptors (Lipinski definition) is 5. The first-order valence-electron chi connectivity index (χ1n) is 11.6. The fraction of sp³-hybridized carbons (Fsp3) is 0.296. The van der Waals surface area contributed by atoms with Gasteiger partial charge in [0.1, 0.15) is 0 Å². The van der Waals surface area contributed by atoms with Crippen molar-refractivity contribution in [1.82, 2.24) is 0 Å². The number of benzene rings is 3. The summed E-state index contributed by atoms with van der Waals surface area (Å²) in [6.45, 7) is 12.5. The highest BCUT2D eigenvalue weighted by Gasteiger charge is 2.29. The minimum atomic E-state index is 0.776. The van der Waals surface area contributed by atoms with E-state index in [1.54, 1.807) is 11.8 Å². The third-order valence-electron chi connectivity index (χ3n) is 5.98. The van der Waals surface area contributed by atoms with Crippen molar-refractivity contribution in [2.24, 2.45) is 0 Å². The number of anilines is 4. The van der Waals surface area contributed by atoms with Crippen molar-refractivity contribution in [3.8, 4) is 11.5 Å². The fourth-order valence-corrected chi connectivity index (χ4v) is 5.46. The second kappa shape index (κ2) is 10.5. The van der Waals surface area contributed by atoms with E-state index in [2.05, 4.69) is 90.9 Å². The van der Waals surface area contributed by atoms with Crippen LogP contribution < -0.4 is 19.4 Å². The van der Waals surface area contributed by atoms with Gasteiger partial charge in [-0.3, -0.25) is 4.90 Å². The Kier molecular flexibility index (Phi) is 7.46. The van der Waals surface area contributed by atoms with Gasteiger partial charge in [-0.25, -0.2) is 0 Å². The molecule has 6 heteroatoms. The van der Waals surface area contributed by atoms with Crippen molar-refractivity contribution in [2.75, 3.05) is 40.9 Å². The summed E-state index contributed by atoms with van der Waals surface area (Å²) in [6.07, 6.45) is 0. The average Bonchev–Trinajstić information content (AvgIpc) is 2.84. The largest absolute Gasteiger partial charge is 0.453 e. The summed E-state index contributed by atoms with van der Waals surface area (Å²) in [7, 11) is 0. The van der Waals surface area contributed by atoms with Crippen LogP contribution >= 0.6 is 24.0 Å². The molecule has 0 N–H and O–H groups in total. The van der Waals surface area contributed by atoms with Crippen LogP contribution in [0.5, 0.6) is 11.5 Å². The van der Waals surface area contributed by atoms with Crippen LogP contribution in [0, 0.1) is 0 Å². The van der Waals surface area contributed by atoms with E-state index in [4.69, 9.17) is 17.0 Å². The SMILES string of the molecule is CCN(CC)c1ccc2c(c1)Oc1cc(N(CC)CC)ccc1N2C(=S)Sc1ccccc1. The van der Waals surface area contributed by atoms with E-state index in [1.165, 1.54) is 0 Å². The molecule has 0 bridgehead atoms. The summed E-state index contributed by atoms with van der Waals surface area (Å²) in [5, 5.41) is 0. The van der Waals surface area contributed by atoms with Crippen LogP contribution in [0.1, 0.15) is 27.7 Å². The highest BCUT2D eigenvalue weighted by molar-refractivity contribution is 8.23. The first-order chi connectivity index (χ1) is 16.1. The maximum Gasteiger partial charge on any atom is 0.153 e. The lowest BCUT2D eigenvalue weighted by Crippen LogP contribution is -2.27.